The predicted octanol–water partition coefficient (Wildman–Crippen LogP) is 0.919. The van der Waals surface area contributed by atoms with Gasteiger partial charge in [0.15, 0.2) is 0 Å². The fourth-order valence-corrected chi connectivity index (χ4v) is 3.80. The van der Waals surface area contributed by atoms with Gasteiger partial charge in [-0.1, -0.05) is 12.1 Å². The van der Waals surface area contributed by atoms with Crippen molar-refractivity contribution >= 4 is 16.0 Å². The van der Waals surface area contributed by atoms with Crippen LogP contribution in [0.4, 0.5) is 0 Å². The molecule has 122 valence electrons. The van der Waals surface area contributed by atoms with Crippen molar-refractivity contribution in [3.05, 3.63) is 29.8 Å². The summed E-state index contributed by atoms with van der Waals surface area (Å²) in [5, 5.41) is 8.40. The first-order valence-electron chi connectivity index (χ1n) is 6.87. The lowest BCUT2D eigenvalue weighted by Gasteiger charge is -2.20. The second-order valence-electron chi connectivity index (χ2n) is 5.08. The summed E-state index contributed by atoms with van der Waals surface area (Å²) in [5.41, 5.74) is 0.546. The van der Waals surface area contributed by atoms with E-state index in [1.54, 1.807) is 24.3 Å². The minimum Gasteiger partial charge on any atom is -0.497 e. The van der Waals surface area contributed by atoms with Gasteiger partial charge in [-0.25, -0.2) is 13.1 Å². The monoisotopic (exact) mass is 329 g/mol. The van der Waals surface area contributed by atoms with E-state index >= 15 is 0 Å². The highest BCUT2D eigenvalue weighted by atomic mass is 32.2. The Hall–Kier alpha value is -1.64. The largest absolute Gasteiger partial charge is 0.497 e. The Morgan fingerprint density at radius 1 is 1.55 bits per heavy atom. The van der Waals surface area contributed by atoms with E-state index in [1.165, 1.54) is 7.11 Å². The number of hydrogen-bond donors (Lipinski definition) is 2. The van der Waals surface area contributed by atoms with E-state index < -0.39 is 27.3 Å². The number of carboxylic acid groups (broad SMARTS) is 1. The number of hydrogen-bond acceptors (Lipinski definition) is 5. The van der Waals surface area contributed by atoms with E-state index in [4.69, 9.17) is 14.6 Å². The summed E-state index contributed by atoms with van der Waals surface area (Å²) in [5.74, 6) is -0.547. The van der Waals surface area contributed by atoms with Crippen LogP contribution in [0.2, 0.25) is 0 Å². The smallest absolute Gasteiger partial charge is 0.305 e. The molecule has 22 heavy (non-hydrogen) atoms. The first kappa shape index (κ1) is 16.7. The van der Waals surface area contributed by atoms with Crippen molar-refractivity contribution in [3.63, 3.8) is 0 Å². The molecule has 0 bridgehead atoms. The maximum atomic E-state index is 12.3. The Kier molecular flexibility index (Phi) is 5.38. The van der Waals surface area contributed by atoms with E-state index in [-0.39, 0.29) is 13.0 Å². The van der Waals surface area contributed by atoms with Crippen LogP contribution in [0, 0.1) is 0 Å². The molecule has 0 saturated carbocycles. The summed E-state index contributed by atoms with van der Waals surface area (Å²) >= 11 is 0. The van der Waals surface area contributed by atoms with Crippen molar-refractivity contribution in [1.29, 1.82) is 0 Å². The number of benzene rings is 1. The number of carbonyl (C=O) groups is 1. The summed E-state index contributed by atoms with van der Waals surface area (Å²) < 4.78 is 37.4. The summed E-state index contributed by atoms with van der Waals surface area (Å²) in [6.45, 7) is 0.529. The molecule has 7 nitrogen and oxygen atoms in total. The molecule has 2 rings (SSSR count). The van der Waals surface area contributed by atoms with Crippen LogP contribution in [0.25, 0.3) is 0 Å². The first-order chi connectivity index (χ1) is 10.4. The molecule has 0 aromatic heterocycles. The first-order valence-corrected chi connectivity index (χ1v) is 8.41. The number of nitrogens with one attached hydrogen (secondary N) is 1. The van der Waals surface area contributed by atoms with Gasteiger partial charge in [-0.3, -0.25) is 4.79 Å². The summed E-state index contributed by atoms with van der Waals surface area (Å²) in [6.07, 6.45) is 0.0627. The van der Waals surface area contributed by atoms with Crippen molar-refractivity contribution in [1.82, 2.24) is 4.72 Å². The van der Waals surface area contributed by atoms with Gasteiger partial charge in [0.1, 0.15) is 11.0 Å². The van der Waals surface area contributed by atoms with E-state index in [2.05, 4.69) is 4.72 Å². The summed E-state index contributed by atoms with van der Waals surface area (Å²) in [4.78, 5) is 11.1. The molecule has 1 aliphatic heterocycles. The highest BCUT2D eigenvalue weighted by molar-refractivity contribution is 7.90. The van der Waals surface area contributed by atoms with Crippen LogP contribution in [-0.4, -0.2) is 45.1 Å². The van der Waals surface area contributed by atoms with E-state index in [9.17, 15) is 13.2 Å². The Morgan fingerprint density at radius 2 is 2.32 bits per heavy atom. The Labute approximate surface area is 129 Å². The van der Waals surface area contributed by atoms with Crippen LogP contribution in [0.15, 0.2) is 24.3 Å². The minimum absolute atomic E-state index is 0.132. The number of aliphatic carboxylic acids is 1. The average Bonchev–Trinajstić information content (AvgIpc) is 3.01. The highest BCUT2D eigenvalue weighted by Crippen LogP contribution is 2.24. The van der Waals surface area contributed by atoms with Crippen LogP contribution in [-0.2, 0) is 19.6 Å². The molecule has 0 aliphatic carbocycles. The second-order valence-corrected chi connectivity index (χ2v) is 7.07. The van der Waals surface area contributed by atoms with Gasteiger partial charge in [-0.05, 0) is 24.1 Å². The lowest BCUT2D eigenvalue weighted by Crippen LogP contribution is -2.38. The molecule has 1 aromatic rings. The van der Waals surface area contributed by atoms with Gasteiger partial charge >= 0.3 is 5.97 Å². The summed E-state index contributed by atoms with van der Waals surface area (Å²) in [6, 6.07) is 5.85. The Morgan fingerprint density at radius 3 is 2.91 bits per heavy atom. The fourth-order valence-electron chi connectivity index (χ4n) is 2.31. The van der Waals surface area contributed by atoms with Crippen LogP contribution < -0.4 is 9.46 Å². The van der Waals surface area contributed by atoms with Crippen molar-refractivity contribution < 1.29 is 27.8 Å². The van der Waals surface area contributed by atoms with Gasteiger partial charge in [0.05, 0.1) is 26.2 Å². The SMILES string of the molecule is COc1cccc(C(CC(=O)O)NS(=O)(=O)C2CCOC2)c1. The maximum Gasteiger partial charge on any atom is 0.305 e. The van der Waals surface area contributed by atoms with Gasteiger partial charge in [0, 0.05) is 6.61 Å². The lowest BCUT2D eigenvalue weighted by atomic mass is 10.0. The van der Waals surface area contributed by atoms with Crippen LogP contribution >= 0.6 is 0 Å². The molecule has 0 spiro atoms. The third-order valence-electron chi connectivity index (χ3n) is 3.51. The van der Waals surface area contributed by atoms with Gasteiger partial charge in [0.2, 0.25) is 10.0 Å². The van der Waals surface area contributed by atoms with Crippen molar-refractivity contribution in [2.45, 2.75) is 24.1 Å². The van der Waals surface area contributed by atoms with E-state index in [1.807, 2.05) is 0 Å². The third kappa shape index (κ3) is 4.19. The van der Waals surface area contributed by atoms with Crippen LogP contribution in [0.1, 0.15) is 24.4 Å². The van der Waals surface area contributed by atoms with Gasteiger partial charge in [-0.2, -0.15) is 0 Å². The molecular weight excluding hydrogens is 310 g/mol. The Balaban J connectivity index is 2.23. The Bertz CT molecular complexity index is 624. The van der Waals surface area contributed by atoms with E-state index in [0.717, 1.165) is 0 Å². The molecule has 0 amide bonds. The molecule has 1 fully saturated rings. The molecule has 8 heteroatoms. The molecule has 0 radical (unpaired) electrons. The molecular formula is C14H19NO6S. The van der Waals surface area contributed by atoms with Crippen LogP contribution in [0.3, 0.4) is 0 Å². The molecule has 1 aromatic carbocycles. The normalized spacial score (nSPS) is 19.8. The number of ether oxygens (including phenoxy) is 2. The van der Waals surface area contributed by atoms with Gasteiger partial charge in [-0.15, -0.1) is 0 Å². The topological polar surface area (TPSA) is 102 Å². The predicted molar refractivity (Wildman–Crippen MR) is 79.3 cm³/mol. The quantitative estimate of drug-likeness (QED) is 0.771. The van der Waals surface area contributed by atoms with Gasteiger partial charge < -0.3 is 14.6 Å². The number of methoxy groups -OCH3 is 1. The third-order valence-corrected chi connectivity index (χ3v) is 5.37. The molecule has 2 atom stereocenters. The molecule has 2 unspecified atom stereocenters. The summed E-state index contributed by atoms with van der Waals surface area (Å²) in [7, 11) is -2.16. The van der Waals surface area contributed by atoms with Gasteiger partial charge in [0.25, 0.3) is 0 Å². The second kappa shape index (κ2) is 7.08. The average molecular weight is 329 g/mol. The number of sulfonamides is 1. The zero-order valence-corrected chi connectivity index (χ0v) is 13.0. The maximum absolute atomic E-state index is 12.3. The molecule has 1 aliphatic rings. The van der Waals surface area contributed by atoms with E-state index in [0.29, 0.717) is 24.3 Å². The molecule has 1 saturated heterocycles. The highest BCUT2D eigenvalue weighted by Gasteiger charge is 2.32. The zero-order chi connectivity index (χ0) is 16.2. The number of rotatable bonds is 7. The standard InChI is InChI=1S/C14H19NO6S/c1-20-11-4-2-3-10(7-11)13(8-14(16)17)15-22(18,19)12-5-6-21-9-12/h2-4,7,12-13,15H,5-6,8-9H2,1H3,(H,16,17). The number of carboxylic acids is 1. The minimum atomic E-state index is -3.65. The van der Waals surface area contributed by atoms with Crippen LogP contribution in [0.5, 0.6) is 5.75 Å². The molecule has 2 N–H and O–H groups in total. The zero-order valence-electron chi connectivity index (χ0n) is 12.2. The van der Waals surface area contributed by atoms with Crippen molar-refractivity contribution in [3.8, 4) is 5.75 Å². The van der Waals surface area contributed by atoms with Crippen molar-refractivity contribution in [2.24, 2.45) is 0 Å². The molecule has 1 heterocycles. The van der Waals surface area contributed by atoms with Crippen molar-refractivity contribution in [2.75, 3.05) is 20.3 Å². The fraction of sp³-hybridized carbons (Fsp3) is 0.500. The lowest BCUT2D eigenvalue weighted by molar-refractivity contribution is -0.137.